The first-order valence-corrected chi connectivity index (χ1v) is 7.16. The highest BCUT2D eigenvalue weighted by Gasteiger charge is 2.25. The van der Waals surface area contributed by atoms with E-state index in [1.54, 1.807) is 23.0 Å². The van der Waals surface area contributed by atoms with Crippen LogP contribution in [0.4, 0.5) is 8.78 Å². The number of halogens is 2. The van der Waals surface area contributed by atoms with Gasteiger partial charge in [0.25, 0.3) is 5.92 Å². The van der Waals surface area contributed by atoms with E-state index in [0.717, 1.165) is 18.2 Å². The predicted molar refractivity (Wildman–Crippen MR) is 87.6 cm³/mol. The van der Waals surface area contributed by atoms with Crippen molar-refractivity contribution in [3.05, 3.63) is 60.2 Å². The summed E-state index contributed by atoms with van der Waals surface area (Å²) in [5.74, 6) is -2.37. The van der Waals surface area contributed by atoms with Gasteiger partial charge in [-0.2, -0.15) is 19.0 Å². The molecule has 0 aromatic carbocycles. The number of alkyl halides is 2. The van der Waals surface area contributed by atoms with Gasteiger partial charge in [0, 0.05) is 13.1 Å². The predicted octanol–water partition coefficient (Wildman–Crippen LogP) is 3.84. The Morgan fingerprint density at radius 3 is 2.88 bits per heavy atom. The molecule has 6 nitrogen and oxygen atoms in total. The number of hydrogen-bond acceptors (Lipinski definition) is 4. The molecule has 0 aliphatic heterocycles. The molecular weight excluding hydrogens is 314 g/mol. The van der Waals surface area contributed by atoms with E-state index >= 15 is 0 Å². The molecule has 1 N–H and O–H groups in total. The number of allylic oxidation sites excluding steroid dienone is 1. The van der Waals surface area contributed by atoms with Crippen molar-refractivity contribution in [2.75, 3.05) is 0 Å². The third kappa shape index (κ3) is 4.09. The number of aryl methyl sites for hydroxylation is 1. The maximum absolute atomic E-state index is 12.9. The van der Waals surface area contributed by atoms with Gasteiger partial charge in [0.05, 0.1) is 17.1 Å². The molecule has 8 heteroatoms. The first-order chi connectivity index (χ1) is 11.3. The number of nitrogens with one attached hydrogen (secondary N) is 1. The van der Waals surface area contributed by atoms with E-state index in [1.807, 2.05) is 19.1 Å². The number of rotatable bonds is 7. The first-order valence-electron chi connectivity index (χ1n) is 7.16. The monoisotopic (exact) mass is 332 g/mol. The number of nitrogens with zero attached hydrogens (tertiary/aromatic N) is 5. The summed E-state index contributed by atoms with van der Waals surface area (Å²) < 4.78 is 27.4. The lowest BCUT2D eigenvalue weighted by Gasteiger charge is -2.11. The molecule has 126 valence electrons. The van der Waals surface area contributed by atoms with Gasteiger partial charge < -0.3 is 0 Å². The molecule has 2 heterocycles. The third-order valence-corrected chi connectivity index (χ3v) is 3.20. The highest BCUT2D eigenvalue weighted by Crippen LogP contribution is 2.19. The van der Waals surface area contributed by atoms with Crippen LogP contribution in [0.2, 0.25) is 0 Å². The quantitative estimate of drug-likeness (QED) is 0.619. The molecule has 0 amide bonds. The van der Waals surface area contributed by atoms with Crippen LogP contribution < -0.4 is 5.43 Å². The van der Waals surface area contributed by atoms with Crippen molar-refractivity contribution in [3.8, 4) is 5.82 Å². The van der Waals surface area contributed by atoms with E-state index in [1.165, 1.54) is 0 Å². The highest BCUT2D eigenvalue weighted by molar-refractivity contribution is 5.47. The van der Waals surface area contributed by atoms with E-state index in [9.17, 15) is 8.78 Å². The molecule has 0 radical (unpaired) electrons. The minimum absolute atomic E-state index is 0.120. The van der Waals surface area contributed by atoms with Crippen LogP contribution in [0.5, 0.6) is 0 Å². The van der Waals surface area contributed by atoms with E-state index in [0.29, 0.717) is 11.5 Å². The summed E-state index contributed by atoms with van der Waals surface area (Å²) in [7, 11) is 0. The van der Waals surface area contributed by atoms with Gasteiger partial charge in [-0.05, 0) is 30.7 Å². The second-order valence-electron chi connectivity index (χ2n) is 5.20. The molecule has 0 saturated heterocycles. The fourth-order valence-corrected chi connectivity index (χ4v) is 1.84. The van der Waals surface area contributed by atoms with Gasteiger partial charge in [0.1, 0.15) is 6.54 Å². The number of pyridine rings is 1. The largest absolute Gasteiger partial charge is 0.285 e. The molecule has 0 fully saturated rings. The molecule has 2 aromatic heterocycles. The average molecular weight is 332 g/mol. The van der Waals surface area contributed by atoms with Crippen LogP contribution in [0.1, 0.15) is 23.9 Å². The molecule has 0 unspecified atom stereocenters. The normalized spacial score (nSPS) is 11.7. The van der Waals surface area contributed by atoms with Gasteiger partial charge in [0.15, 0.2) is 5.82 Å². The molecule has 0 bridgehead atoms. The van der Waals surface area contributed by atoms with Gasteiger partial charge in [-0.1, -0.05) is 24.4 Å². The topological polar surface area (TPSA) is 67.5 Å². The zero-order valence-electron chi connectivity index (χ0n) is 13.5. The van der Waals surface area contributed by atoms with Crippen LogP contribution >= 0.6 is 0 Å². The van der Waals surface area contributed by atoms with Crippen LogP contribution in [0, 0.1) is 6.92 Å². The molecule has 0 saturated carbocycles. The summed E-state index contributed by atoms with van der Waals surface area (Å²) in [5.41, 5.74) is 3.91. The summed E-state index contributed by atoms with van der Waals surface area (Å²) in [6.07, 6.45) is 3.33. The number of hydrogen-bond donors (Lipinski definition) is 1. The van der Waals surface area contributed by atoms with Crippen molar-refractivity contribution >= 4 is 6.08 Å². The van der Waals surface area contributed by atoms with E-state index in [-0.39, 0.29) is 6.54 Å². The lowest BCUT2D eigenvalue weighted by molar-refractivity contribution is 0.0560. The second kappa shape index (κ2) is 7.12. The molecule has 0 aliphatic carbocycles. The van der Waals surface area contributed by atoms with Crippen molar-refractivity contribution in [2.45, 2.75) is 26.3 Å². The summed E-state index contributed by atoms with van der Waals surface area (Å²) >= 11 is 0. The maximum atomic E-state index is 12.9. The SMILES string of the molecule is C=Cc1cc(CN=NNC(=C)C(C)(F)F)nn1-c1ncccc1C. The van der Waals surface area contributed by atoms with Gasteiger partial charge >= 0.3 is 0 Å². The summed E-state index contributed by atoms with van der Waals surface area (Å²) in [4.78, 5) is 4.31. The number of aromatic nitrogens is 3. The van der Waals surface area contributed by atoms with Crippen LogP contribution in [-0.2, 0) is 6.54 Å². The molecule has 0 aliphatic rings. The van der Waals surface area contributed by atoms with Crippen LogP contribution in [-0.4, -0.2) is 20.7 Å². The van der Waals surface area contributed by atoms with Gasteiger partial charge in [0.2, 0.25) is 0 Å². The molecule has 0 atom stereocenters. The Hall–Kier alpha value is -2.90. The Kier molecular flexibility index (Phi) is 5.18. The Bertz CT molecular complexity index is 773. The molecule has 2 rings (SSSR count). The smallest absolute Gasteiger partial charge is 0.259 e. The van der Waals surface area contributed by atoms with Crippen molar-refractivity contribution < 1.29 is 8.78 Å². The average Bonchev–Trinajstić information content (AvgIpc) is 2.94. The summed E-state index contributed by atoms with van der Waals surface area (Å²) in [5, 5.41) is 11.7. The Balaban J connectivity index is 2.12. The molecular formula is C16H18F2N6. The summed E-state index contributed by atoms with van der Waals surface area (Å²) in [6, 6.07) is 5.55. The van der Waals surface area contributed by atoms with Crippen molar-refractivity contribution in [2.24, 2.45) is 10.3 Å². The van der Waals surface area contributed by atoms with E-state index in [4.69, 9.17) is 0 Å². The first kappa shape index (κ1) is 17.5. The fraction of sp³-hybridized carbons (Fsp3) is 0.250. The summed E-state index contributed by atoms with van der Waals surface area (Å²) in [6.45, 7) is 9.73. The highest BCUT2D eigenvalue weighted by atomic mass is 19.3. The standard InChI is InChI=1S/C16H18F2N6/c1-5-14-9-13(10-20-23-21-12(3)16(4,17)18)22-24(14)15-11(2)7-6-8-19-15/h5-9H,1,3,10H2,2,4H3,(H,20,21). The zero-order chi connectivity index (χ0) is 17.7. The zero-order valence-corrected chi connectivity index (χ0v) is 13.5. The van der Waals surface area contributed by atoms with Crippen molar-refractivity contribution in [1.29, 1.82) is 0 Å². The van der Waals surface area contributed by atoms with Gasteiger partial charge in [-0.3, -0.25) is 5.43 Å². The minimum atomic E-state index is -3.06. The van der Waals surface area contributed by atoms with E-state index in [2.05, 4.69) is 39.0 Å². The Morgan fingerprint density at radius 2 is 2.25 bits per heavy atom. The molecule has 24 heavy (non-hydrogen) atoms. The minimum Gasteiger partial charge on any atom is -0.259 e. The lowest BCUT2D eigenvalue weighted by atomic mass is 10.3. The fourth-order valence-electron chi connectivity index (χ4n) is 1.84. The van der Waals surface area contributed by atoms with Crippen LogP contribution in [0.25, 0.3) is 11.9 Å². The maximum Gasteiger partial charge on any atom is 0.285 e. The van der Waals surface area contributed by atoms with Gasteiger partial charge in [-0.15, -0.1) is 0 Å². The van der Waals surface area contributed by atoms with E-state index < -0.39 is 11.6 Å². The van der Waals surface area contributed by atoms with Crippen LogP contribution in [0.15, 0.2) is 53.6 Å². The van der Waals surface area contributed by atoms with Crippen LogP contribution in [0.3, 0.4) is 0 Å². The van der Waals surface area contributed by atoms with Crippen molar-refractivity contribution in [1.82, 2.24) is 20.2 Å². The van der Waals surface area contributed by atoms with Crippen molar-refractivity contribution in [3.63, 3.8) is 0 Å². The molecule has 0 spiro atoms. The second-order valence-corrected chi connectivity index (χ2v) is 5.20. The Morgan fingerprint density at radius 1 is 1.50 bits per heavy atom. The Labute approximate surface area is 138 Å². The lowest BCUT2D eigenvalue weighted by Crippen LogP contribution is -2.22. The molecule has 2 aromatic rings. The third-order valence-electron chi connectivity index (χ3n) is 3.20. The van der Waals surface area contributed by atoms with Gasteiger partial charge in [-0.25, -0.2) is 9.67 Å².